The quantitative estimate of drug-likeness (QED) is 0.678. The molecule has 2 aromatic heterocycles. The first-order valence-electron chi connectivity index (χ1n) is 9.62. The monoisotopic (exact) mass is 438 g/mol. The van der Waals surface area contributed by atoms with Crippen LogP contribution in [0, 0.1) is 19.8 Å². The smallest absolute Gasteiger partial charge is 0.422 e. The maximum absolute atomic E-state index is 12.6. The second-order valence-corrected chi connectivity index (χ2v) is 7.52. The van der Waals surface area contributed by atoms with Crippen molar-refractivity contribution >= 4 is 17.6 Å². The number of rotatable bonds is 7. The van der Waals surface area contributed by atoms with E-state index in [2.05, 4.69) is 25.3 Å². The summed E-state index contributed by atoms with van der Waals surface area (Å²) in [4.78, 5) is 32.6. The van der Waals surface area contributed by atoms with Crippen molar-refractivity contribution in [1.82, 2.24) is 15.3 Å². The first-order chi connectivity index (χ1) is 14.4. The molecule has 0 aliphatic carbocycles. The standard InChI is InChI=1S/C21H25F3N4O3/c1-11(2)18(29)28-17-8-15(7-13(4)26-17)14(5)27-19(30)16-6-12(3)20(25-9-16)31-10-21(22,23)24/h6-9,11,14H,10H2,1-5H3,(H,27,30)(H,26,28,29). The summed E-state index contributed by atoms with van der Waals surface area (Å²) in [6.07, 6.45) is -3.32. The number of nitrogens with one attached hydrogen (secondary N) is 2. The third-order valence-corrected chi connectivity index (χ3v) is 4.26. The maximum Gasteiger partial charge on any atom is 0.422 e. The fourth-order valence-electron chi connectivity index (χ4n) is 2.63. The molecule has 0 saturated carbocycles. The Bertz CT molecular complexity index is 961. The molecular weight excluding hydrogens is 413 g/mol. The molecule has 0 spiro atoms. The van der Waals surface area contributed by atoms with E-state index in [1.807, 2.05) is 0 Å². The lowest BCUT2D eigenvalue weighted by molar-refractivity contribution is -0.154. The fraction of sp³-hybridized carbons (Fsp3) is 0.429. The van der Waals surface area contributed by atoms with Gasteiger partial charge in [-0.15, -0.1) is 0 Å². The summed E-state index contributed by atoms with van der Waals surface area (Å²) >= 11 is 0. The summed E-state index contributed by atoms with van der Waals surface area (Å²) in [5, 5.41) is 5.54. The van der Waals surface area contributed by atoms with Crippen molar-refractivity contribution in [2.24, 2.45) is 5.92 Å². The van der Waals surface area contributed by atoms with Gasteiger partial charge in [0.05, 0.1) is 11.6 Å². The topological polar surface area (TPSA) is 93.2 Å². The number of amides is 2. The Kier molecular flexibility index (Phi) is 7.59. The molecule has 0 saturated heterocycles. The molecular formula is C21H25F3N4O3. The molecule has 168 valence electrons. The lowest BCUT2D eigenvalue weighted by atomic mass is 10.1. The molecule has 0 fully saturated rings. The molecule has 2 amide bonds. The second kappa shape index (κ2) is 9.76. The van der Waals surface area contributed by atoms with E-state index in [1.54, 1.807) is 39.8 Å². The number of alkyl halides is 3. The molecule has 1 atom stereocenters. The van der Waals surface area contributed by atoms with Crippen LogP contribution in [0.3, 0.4) is 0 Å². The van der Waals surface area contributed by atoms with E-state index in [9.17, 15) is 22.8 Å². The van der Waals surface area contributed by atoms with Gasteiger partial charge in [0, 0.05) is 23.4 Å². The second-order valence-electron chi connectivity index (χ2n) is 7.52. The van der Waals surface area contributed by atoms with Crippen molar-refractivity contribution in [3.05, 3.63) is 46.8 Å². The Morgan fingerprint density at radius 1 is 1.13 bits per heavy atom. The summed E-state index contributed by atoms with van der Waals surface area (Å²) in [5.41, 5.74) is 1.89. The van der Waals surface area contributed by atoms with Crippen LogP contribution >= 0.6 is 0 Å². The van der Waals surface area contributed by atoms with Gasteiger partial charge in [-0.25, -0.2) is 9.97 Å². The van der Waals surface area contributed by atoms with Gasteiger partial charge >= 0.3 is 6.18 Å². The van der Waals surface area contributed by atoms with Crippen LogP contribution in [0.1, 0.15) is 54.0 Å². The van der Waals surface area contributed by atoms with Crippen LogP contribution in [-0.4, -0.2) is 34.6 Å². The molecule has 2 rings (SSSR count). The number of anilines is 1. The zero-order valence-corrected chi connectivity index (χ0v) is 17.9. The largest absolute Gasteiger partial charge is 0.468 e. The minimum Gasteiger partial charge on any atom is -0.468 e. The number of pyridine rings is 2. The molecule has 1 unspecified atom stereocenters. The van der Waals surface area contributed by atoms with E-state index in [-0.39, 0.29) is 23.3 Å². The molecule has 10 heteroatoms. The molecule has 0 aromatic carbocycles. The number of carbonyl (C=O) groups is 2. The van der Waals surface area contributed by atoms with Gasteiger partial charge in [-0.3, -0.25) is 9.59 Å². The first-order valence-corrected chi connectivity index (χ1v) is 9.62. The highest BCUT2D eigenvalue weighted by atomic mass is 19.4. The van der Waals surface area contributed by atoms with E-state index < -0.39 is 24.7 Å². The average molecular weight is 438 g/mol. The molecule has 7 nitrogen and oxygen atoms in total. The Morgan fingerprint density at radius 2 is 1.81 bits per heavy atom. The Balaban J connectivity index is 2.11. The lowest BCUT2D eigenvalue weighted by Gasteiger charge is -2.17. The summed E-state index contributed by atoms with van der Waals surface area (Å²) in [5.74, 6) is -0.625. The summed E-state index contributed by atoms with van der Waals surface area (Å²) < 4.78 is 41.6. The Labute approximate surface area is 178 Å². The van der Waals surface area contributed by atoms with E-state index in [0.717, 1.165) is 11.8 Å². The van der Waals surface area contributed by atoms with Crippen LogP contribution in [-0.2, 0) is 4.79 Å². The zero-order valence-electron chi connectivity index (χ0n) is 17.9. The van der Waals surface area contributed by atoms with Crippen LogP contribution in [0.5, 0.6) is 5.88 Å². The molecule has 2 heterocycles. The number of aromatic nitrogens is 2. The molecule has 2 aromatic rings. The lowest BCUT2D eigenvalue weighted by Crippen LogP contribution is -2.27. The molecule has 0 bridgehead atoms. The minimum atomic E-state index is -4.48. The number of carbonyl (C=O) groups excluding carboxylic acids is 2. The Hall–Kier alpha value is -3.17. The average Bonchev–Trinajstić information content (AvgIpc) is 2.65. The number of hydrogen-bond acceptors (Lipinski definition) is 5. The van der Waals surface area contributed by atoms with Gasteiger partial charge in [0.1, 0.15) is 5.82 Å². The number of hydrogen-bond donors (Lipinski definition) is 2. The normalized spacial score (nSPS) is 12.4. The Morgan fingerprint density at radius 3 is 2.39 bits per heavy atom. The third kappa shape index (κ3) is 7.23. The first kappa shape index (κ1) is 24.1. The van der Waals surface area contributed by atoms with Crippen LogP contribution in [0.25, 0.3) is 0 Å². The van der Waals surface area contributed by atoms with Crippen molar-refractivity contribution in [2.45, 2.75) is 46.8 Å². The maximum atomic E-state index is 12.6. The van der Waals surface area contributed by atoms with Crippen LogP contribution in [0.2, 0.25) is 0 Å². The van der Waals surface area contributed by atoms with Gasteiger partial charge in [0.15, 0.2) is 6.61 Å². The van der Waals surface area contributed by atoms with Crippen molar-refractivity contribution < 1.29 is 27.5 Å². The number of ether oxygens (including phenoxy) is 1. The van der Waals surface area contributed by atoms with Gasteiger partial charge in [0.2, 0.25) is 11.8 Å². The molecule has 2 N–H and O–H groups in total. The van der Waals surface area contributed by atoms with Crippen LogP contribution in [0.4, 0.5) is 19.0 Å². The van der Waals surface area contributed by atoms with Crippen molar-refractivity contribution in [2.75, 3.05) is 11.9 Å². The fourth-order valence-corrected chi connectivity index (χ4v) is 2.63. The molecule has 31 heavy (non-hydrogen) atoms. The summed E-state index contributed by atoms with van der Waals surface area (Å²) in [7, 11) is 0. The van der Waals surface area contributed by atoms with E-state index in [4.69, 9.17) is 0 Å². The van der Waals surface area contributed by atoms with E-state index >= 15 is 0 Å². The summed E-state index contributed by atoms with van der Waals surface area (Å²) in [6, 6.07) is 4.45. The zero-order chi connectivity index (χ0) is 23.3. The van der Waals surface area contributed by atoms with Gasteiger partial charge in [-0.2, -0.15) is 13.2 Å². The molecule has 0 aliphatic rings. The van der Waals surface area contributed by atoms with Gasteiger partial charge in [0.25, 0.3) is 5.91 Å². The van der Waals surface area contributed by atoms with Gasteiger partial charge in [-0.1, -0.05) is 13.8 Å². The highest BCUT2D eigenvalue weighted by molar-refractivity contribution is 5.94. The highest BCUT2D eigenvalue weighted by Crippen LogP contribution is 2.22. The van der Waals surface area contributed by atoms with Crippen molar-refractivity contribution in [3.8, 4) is 5.88 Å². The predicted octanol–water partition coefficient (Wildman–Crippen LogP) is 4.12. The number of halogens is 3. The van der Waals surface area contributed by atoms with Gasteiger partial charge in [-0.05, 0) is 44.5 Å². The van der Waals surface area contributed by atoms with Crippen LogP contribution in [0.15, 0.2) is 24.4 Å². The number of nitrogens with zero attached hydrogens (tertiary/aromatic N) is 2. The van der Waals surface area contributed by atoms with E-state index in [1.165, 1.54) is 13.0 Å². The van der Waals surface area contributed by atoms with E-state index in [0.29, 0.717) is 17.1 Å². The van der Waals surface area contributed by atoms with Crippen molar-refractivity contribution in [3.63, 3.8) is 0 Å². The SMILES string of the molecule is Cc1cc(C(C)NC(=O)c2cnc(OCC(F)(F)F)c(C)c2)cc(NC(=O)C(C)C)n1. The summed E-state index contributed by atoms with van der Waals surface area (Å²) in [6.45, 7) is 7.13. The van der Waals surface area contributed by atoms with Crippen molar-refractivity contribution in [1.29, 1.82) is 0 Å². The highest BCUT2D eigenvalue weighted by Gasteiger charge is 2.29. The minimum absolute atomic E-state index is 0.171. The van der Waals surface area contributed by atoms with Gasteiger partial charge < -0.3 is 15.4 Å². The molecule has 0 aliphatic heterocycles. The predicted molar refractivity (Wildman–Crippen MR) is 109 cm³/mol. The van der Waals surface area contributed by atoms with Crippen LogP contribution < -0.4 is 15.4 Å². The molecule has 0 radical (unpaired) electrons. The number of aryl methyl sites for hydroxylation is 2. The third-order valence-electron chi connectivity index (χ3n) is 4.26.